The van der Waals surface area contributed by atoms with Gasteiger partial charge in [0.2, 0.25) is 0 Å². The highest BCUT2D eigenvalue weighted by molar-refractivity contribution is 6.47. The number of rotatable bonds is 6. The first-order valence-electron chi connectivity index (χ1n) is 17.8. The molecule has 0 aliphatic heterocycles. The van der Waals surface area contributed by atoms with Crippen molar-refractivity contribution < 1.29 is 8.83 Å². The van der Waals surface area contributed by atoms with Crippen LogP contribution in [0.3, 0.4) is 0 Å². The molecule has 8 rings (SSSR count). The van der Waals surface area contributed by atoms with E-state index in [2.05, 4.69) is 151 Å². The first-order valence-corrected chi connectivity index (χ1v) is 20.3. The molecule has 3 heteroatoms. The second kappa shape index (κ2) is 12.4. The number of hydrogen-bond acceptors (Lipinski definition) is 2. The van der Waals surface area contributed by atoms with Gasteiger partial charge in [-0.2, -0.15) is 0 Å². The number of allylic oxidation sites excluding steroid dienone is 3. The molecule has 6 aromatic rings. The molecule has 1 radical (unpaired) electrons. The number of fused-ring (bicyclic) bond motifs is 2. The summed E-state index contributed by atoms with van der Waals surface area (Å²) in [6, 6.07) is 32.8. The molecule has 2 aliphatic carbocycles. The number of hydrogen-bond donors (Lipinski definition) is 0. The minimum absolute atomic E-state index is 0.0990. The Morgan fingerprint density at radius 2 is 1.34 bits per heavy atom. The molecule has 2 heterocycles. The van der Waals surface area contributed by atoms with Crippen molar-refractivity contribution >= 4 is 37.3 Å². The summed E-state index contributed by atoms with van der Waals surface area (Å²) in [5.74, 6) is 3.58. The molecule has 0 N–H and O–H groups in total. The van der Waals surface area contributed by atoms with Crippen molar-refractivity contribution in [3.05, 3.63) is 163 Å². The average molecular weight is 668 g/mol. The zero-order valence-electron chi connectivity index (χ0n) is 30.3. The Kier molecular flexibility index (Phi) is 7.99. The van der Waals surface area contributed by atoms with Crippen LogP contribution in [0.15, 0.2) is 99.8 Å². The molecule has 2 nitrogen and oxygen atoms in total. The number of furan rings is 2. The Bertz CT molecular complexity index is 2520. The van der Waals surface area contributed by atoms with Gasteiger partial charge in [0.25, 0.3) is 0 Å². The normalized spacial score (nSPS) is 14.9. The summed E-state index contributed by atoms with van der Waals surface area (Å²) in [4.78, 5) is 1.46. The maximum absolute atomic E-state index is 6.66. The third kappa shape index (κ3) is 5.02. The second-order valence-corrected chi connectivity index (χ2v) is 16.7. The molecule has 50 heavy (non-hydrogen) atoms. The first kappa shape index (κ1) is 32.2. The van der Waals surface area contributed by atoms with Gasteiger partial charge in [-0.1, -0.05) is 86.7 Å². The fourth-order valence-corrected chi connectivity index (χ4v) is 9.97. The Morgan fingerprint density at radius 3 is 1.94 bits per heavy atom. The lowest BCUT2D eigenvalue weighted by molar-refractivity contribution is 0.506. The third-order valence-corrected chi connectivity index (χ3v) is 12.5. The van der Waals surface area contributed by atoms with E-state index in [4.69, 9.17) is 8.83 Å². The van der Waals surface area contributed by atoms with Crippen molar-refractivity contribution in [3.63, 3.8) is 0 Å². The molecule has 0 saturated carbocycles. The van der Waals surface area contributed by atoms with Crippen molar-refractivity contribution in [2.75, 3.05) is 0 Å². The van der Waals surface area contributed by atoms with E-state index in [1.54, 1.807) is 0 Å². The SMILES string of the molecule is CCc1ccc(C2=C(C3C(c4ccc(C)o4)=Cc4c3cc(C)c(C)c4-c3ccccc3)c3c(-c4ccccc4)c(C)c(C)c(=[Si](C)C)c3=[C]2)o1. The van der Waals surface area contributed by atoms with E-state index in [0.717, 1.165) is 35.0 Å². The van der Waals surface area contributed by atoms with Crippen molar-refractivity contribution in [2.24, 2.45) is 0 Å². The Hall–Kier alpha value is -4.99. The summed E-state index contributed by atoms with van der Waals surface area (Å²) in [6.07, 6.45) is 7.33. The standard InChI is InChI=1S/C47H43O2Si/c1-9-34-21-23-41(49-34)38-26-39-46(43(33-18-14-11-15-19-33)30(5)31(6)47(39)50(7)8)45(38)44-35-24-27(2)29(4)42(32-16-12-10-13-17-32)36(35)25-37(44)40-22-20-28(3)48-40/h10-25,44H,9H2,1-8H3. The average Bonchev–Trinajstić information content (AvgIpc) is 3.92. The Labute approximate surface area is 297 Å². The van der Waals surface area contributed by atoms with Crippen LogP contribution in [-0.4, -0.2) is 8.41 Å². The molecular weight excluding hydrogens is 625 g/mol. The van der Waals surface area contributed by atoms with Crippen LogP contribution < -0.4 is 5.22 Å². The van der Waals surface area contributed by atoms with Gasteiger partial charge in [-0.3, -0.25) is 0 Å². The lowest BCUT2D eigenvalue weighted by atomic mass is 9.77. The molecule has 0 saturated heterocycles. The summed E-state index contributed by atoms with van der Waals surface area (Å²) in [7, 11) is -0.865. The van der Waals surface area contributed by atoms with Gasteiger partial charge in [-0.05, 0) is 142 Å². The van der Waals surface area contributed by atoms with E-state index in [1.165, 1.54) is 82.4 Å². The zero-order valence-corrected chi connectivity index (χ0v) is 31.3. The van der Waals surface area contributed by atoms with Crippen molar-refractivity contribution in [3.8, 4) is 22.3 Å². The summed E-state index contributed by atoms with van der Waals surface area (Å²) < 4.78 is 13.2. The van der Waals surface area contributed by atoms with Crippen LogP contribution in [-0.2, 0) is 6.42 Å². The maximum Gasteiger partial charge on any atom is 0.135 e. The van der Waals surface area contributed by atoms with Crippen LogP contribution in [0.5, 0.6) is 0 Å². The molecule has 1 atom stereocenters. The van der Waals surface area contributed by atoms with Gasteiger partial charge >= 0.3 is 0 Å². The predicted molar refractivity (Wildman–Crippen MR) is 211 cm³/mol. The van der Waals surface area contributed by atoms with E-state index in [0.29, 0.717) is 0 Å². The molecular formula is C47H43O2Si. The molecule has 2 aliphatic rings. The summed E-state index contributed by atoms with van der Waals surface area (Å²) in [5, 5.41) is 1.24. The highest BCUT2D eigenvalue weighted by atomic mass is 28.2. The molecule has 0 spiro atoms. The fraction of sp³-hybridized carbons (Fsp3) is 0.213. The van der Waals surface area contributed by atoms with Crippen LogP contribution in [0, 0.1) is 39.4 Å². The molecule has 2 aromatic heterocycles. The highest BCUT2D eigenvalue weighted by Crippen LogP contribution is 2.56. The minimum atomic E-state index is -0.865. The van der Waals surface area contributed by atoms with Gasteiger partial charge in [-0.15, -0.1) is 0 Å². The van der Waals surface area contributed by atoms with Crippen LogP contribution >= 0.6 is 0 Å². The lowest BCUT2D eigenvalue weighted by Gasteiger charge is -2.26. The lowest BCUT2D eigenvalue weighted by Crippen LogP contribution is -2.18. The molecule has 247 valence electrons. The van der Waals surface area contributed by atoms with Crippen LogP contribution in [0.25, 0.3) is 51.1 Å². The van der Waals surface area contributed by atoms with E-state index < -0.39 is 8.41 Å². The third-order valence-electron chi connectivity index (χ3n) is 10.9. The van der Waals surface area contributed by atoms with E-state index in [1.807, 2.05) is 6.92 Å². The van der Waals surface area contributed by atoms with E-state index in [-0.39, 0.29) is 5.92 Å². The Morgan fingerprint density at radius 1 is 0.680 bits per heavy atom. The van der Waals surface area contributed by atoms with Gasteiger partial charge < -0.3 is 8.83 Å². The van der Waals surface area contributed by atoms with Gasteiger partial charge in [-0.25, -0.2) is 0 Å². The van der Waals surface area contributed by atoms with E-state index >= 15 is 0 Å². The van der Waals surface area contributed by atoms with Gasteiger partial charge in [0.1, 0.15) is 23.0 Å². The minimum Gasteiger partial charge on any atom is -0.462 e. The van der Waals surface area contributed by atoms with Gasteiger partial charge in [0.05, 0.1) is 0 Å². The summed E-state index contributed by atoms with van der Waals surface area (Å²) >= 11 is 0. The van der Waals surface area contributed by atoms with Crippen molar-refractivity contribution in [1.82, 2.24) is 0 Å². The first-order chi connectivity index (χ1) is 24.2. The molecule has 4 aromatic carbocycles. The quantitative estimate of drug-likeness (QED) is 0.165. The van der Waals surface area contributed by atoms with Crippen molar-refractivity contribution in [2.45, 2.75) is 67.0 Å². The van der Waals surface area contributed by atoms with E-state index in [9.17, 15) is 0 Å². The molecule has 0 bridgehead atoms. The summed E-state index contributed by atoms with van der Waals surface area (Å²) in [6.45, 7) is 18.2. The van der Waals surface area contributed by atoms with Crippen LogP contribution in [0.1, 0.15) is 74.8 Å². The van der Waals surface area contributed by atoms with Gasteiger partial charge in [0.15, 0.2) is 0 Å². The second-order valence-electron chi connectivity index (χ2n) is 14.2. The number of aryl methyl sites for hydroxylation is 3. The maximum atomic E-state index is 6.66. The summed E-state index contributed by atoms with van der Waals surface area (Å²) in [5.41, 5.74) is 17.7. The Balaban J connectivity index is 1.55. The fourth-order valence-electron chi connectivity index (χ4n) is 8.34. The largest absolute Gasteiger partial charge is 0.462 e. The van der Waals surface area contributed by atoms with Crippen LogP contribution in [0.4, 0.5) is 0 Å². The number of benzene rings is 4. The highest BCUT2D eigenvalue weighted by Gasteiger charge is 2.39. The smallest absolute Gasteiger partial charge is 0.135 e. The zero-order chi connectivity index (χ0) is 34.8. The van der Waals surface area contributed by atoms with Crippen LogP contribution in [0.2, 0.25) is 13.1 Å². The van der Waals surface area contributed by atoms with Crippen molar-refractivity contribution in [1.29, 1.82) is 0 Å². The molecule has 1 unspecified atom stereocenters. The monoisotopic (exact) mass is 667 g/mol. The topological polar surface area (TPSA) is 26.3 Å². The molecule has 0 fully saturated rings. The molecule has 0 amide bonds. The van der Waals surface area contributed by atoms with Gasteiger partial charge in [0, 0.05) is 38.0 Å². The predicted octanol–water partition coefficient (Wildman–Crippen LogP) is 11.8.